The Morgan fingerprint density at radius 1 is 1.45 bits per heavy atom. The van der Waals surface area contributed by atoms with Gasteiger partial charge in [-0.25, -0.2) is 4.68 Å². The standard InChI is InChI=1S/C13H17N5O2/c1-20-9-10-4-2-3-5-12(10)18-8-11(16-17-18)7-15-13(19)6-14/h2-5,8H,6-7,9,14H2,1H3,(H,15,19). The molecule has 7 heteroatoms. The largest absolute Gasteiger partial charge is 0.380 e. The van der Waals surface area contributed by atoms with Crippen LogP contribution in [0.25, 0.3) is 5.69 Å². The molecule has 2 rings (SSSR count). The predicted molar refractivity (Wildman–Crippen MR) is 73.0 cm³/mol. The van der Waals surface area contributed by atoms with E-state index in [9.17, 15) is 4.79 Å². The number of amides is 1. The van der Waals surface area contributed by atoms with E-state index in [0.717, 1.165) is 11.3 Å². The third-order valence-electron chi connectivity index (χ3n) is 2.73. The van der Waals surface area contributed by atoms with Crippen LogP contribution in [-0.4, -0.2) is 34.6 Å². The molecule has 0 aliphatic carbocycles. The number of hydrogen-bond acceptors (Lipinski definition) is 5. The molecule has 0 bridgehead atoms. The summed E-state index contributed by atoms with van der Waals surface area (Å²) in [4.78, 5) is 11.1. The summed E-state index contributed by atoms with van der Waals surface area (Å²) in [6, 6.07) is 7.77. The molecular formula is C13H17N5O2. The zero-order valence-electron chi connectivity index (χ0n) is 11.2. The molecule has 0 saturated heterocycles. The number of rotatable bonds is 6. The Balaban J connectivity index is 2.14. The Morgan fingerprint density at radius 3 is 3.00 bits per heavy atom. The molecule has 3 N–H and O–H groups in total. The first kappa shape index (κ1) is 14.2. The summed E-state index contributed by atoms with van der Waals surface area (Å²) in [6.45, 7) is 0.766. The van der Waals surface area contributed by atoms with Gasteiger partial charge in [-0.15, -0.1) is 5.10 Å². The van der Waals surface area contributed by atoms with Gasteiger partial charge in [0.2, 0.25) is 5.91 Å². The summed E-state index contributed by atoms with van der Waals surface area (Å²) in [6.07, 6.45) is 1.77. The van der Waals surface area contributed by atoms with Crippen LogP contribution in [0, 0.1) is 0 Å². The highest BCUT2D eigenvalue weighted by atomic mass is 16.5. The van der Waals surface area contributed by atoms with Gasteiger partial charge in [-0.3, -0.25) is 4.79 Å². The molecule has 1 aromatic heterocycles. The van der Waals surface area contributed by atoms with Gasteiger partial charge in [0.1, 0.15) is 5.69 Å². The summed E-state index contributed by atoms with van der Waals surface area (Å²) >= 11 is 0. The second-order valence-electron chi connectivity index (χ2n) is 4.20. The van der Waals surface area contributed by atoms with E-state index < -0.39 is 0 Å². The fourth-order valence-corrected chi connectivity index (χ4v) is 1.77. The third-order valence-corrected chi connectivity index (χ3v) is 2.73. The predicted octanol–water partition coefficient (Wildman–Crippen LogP) is -0.0114. The Bertz CT molecular complexity index is 582. The molecule has 2 aromatic rings. The van der Waals surface area contributed by atoms with Crippen molar-refractivity contribution in [3.8, 4) is 5.69 Å². The van der Waals surface area contributed by atoms with E-state index >= 15 is 0 Å². The number of para-hydroxylation sites is 1. The van der Waals surface area contributed by atoms with Crippen LogP contribution in [0.4, 0.5) is 0 Å². The van der Waals surface area contributed by atoms with Crippen molar-refractivity contribution in [1.82, 2.24) is 20.3 Å². The smallest absolute Gasteiger partial charge is 0.234 e. The maximum absolute atomic E-state index is 11.1. The lowest BCUT2D eigenvalue weighted by Gasteiger charge is -2.07. The number of aromatic nitrogens is 3. The molecule has 0 aliphatic heterocycles. The van der Waals surface area contributed by atoms with Crippen molar-refractivity contribution in [1.29, 1.82) is 0 Å². The summed E-state index contributed by atoms with van der Waals surface area (Å²) in [5.74, 6) is -0.223. The first-order valence-corrected chi connectivity index (χ1v) is 6.19. The molecule has 1 amide bonds. The van der Waals surface area contributed by atoms with Crippen molar-refractivity contribution >= 4 is 5.91 Å². The van der Waals surface area contributed by atoms with Crippen molar-refractivity contribution in [3.05, 3.63) is 41.7 Å². The molecule has 0 aliphatic rings. The number of nitrogens with one attached hydrogen (secondary N) is 1. The van der Waals surface area contributed by atoms with Gasteiger partial charge < -0.3 is 15.8 Å². The Morgan fingerprint density at radius 2 is 2.25 bits per heavy atom. The van der Waals surface area contributed by atoms with Crippen LogP contribution < -0.4 is 11.1 Å². The van der Waals surface area contributed by atoms with Gasteiger partial charge in [0.05, 0.1) is 31.6 Å². The first-order valence-electron chi connectivity index (χ1n) is 6.19. The molecule has 0 saturated carbocycles. The number of ether oxygens (including phenoxy) is 1. The van der Waals surface area contributed by atoms with Crippen LogP contribution in [0.3, 0.4) is 0 Å². The van der Waals surface area contributed by atoms with Crippen molar-refractivity contribution < 1.29 is 9.53 Å². The van der Waals surface area contributed by atoms with E-state index in [1.165, 1.54) is 0 Å². The number of methoxy groups -OCH3 is 1. The Kier molecular flexibility index (Phi) is 4.80. The van der Waals surface area contributed by atoms with Gasteiger partial charge in [0.15, 0.2) is 0 Å². The molecule has 1 heterocycles. The minimum Gasteiger partial charge on any atom is -0.380 e. The molecule has 0 spiro atoms. The fraction of sp³-hybridized carbons (Fsp3) is 0.308. The number of hydrogen-bond donors (Lipinski definition) is 2. The lowest BCUT2D eigenvalue weighted by atomic mass is 10.2. The van der Waals surface area contributed by atoms with Crippen LogP contribution in [-0.2, 0) is 22.7 Å². The van der Waals surface area contributed by atoms with E-state index in [1.807, 2.05) is 24.3 Å². The van der Waals surface area contributed by atoms with Gasteiger partial charge in [-0.05, 0) is 6.07 Å². The van der Waals surface area contributed by atoms with Crippen molar-refractivity contribution in [3.63, 3.8) is 0 Å². The average Bonchev–Trinajstić information content (AvgIpc) is 2.94. The van der Waals surface area contributed by atoms with Crippen LogP contribution in [0.15, 0.2) is 30.5 Å². The van der Waals surface area contributed by atoms with Gasteiger partial charge in [-0.1, -0.05) is 23.4 Å². The Labute approximate surface area is 116 Å². The fourth-order valence-electron chi connectivity index (χ4n) is 1.77. The van der Waals surface area contributed by atoms with Crippen molar-refractivity contribution in [2.45, 2.75) is 13.2 Å². The van der Waals surface area contributed by atoms with Crippen LogP contribution in [0.5, 0.6) is 0 Å². The zero-order chi connectivity index (χ0) is 14.4. The highest BCUT2D eigenvalue weighted by Gasteiger charge is 2.07. The molecule has 7 nitrogen and oxygen atoms in total. The van der Waals surface area contributed by atoms with Crippen LogP contribution in [0.1, 0.15) is 11.3 Å². The minimum atomic E-state index is -0.223. The maximum Gasteiger partial charge on any atom is 0.234 e. The normalized spacial score (nSPS) is 10.5. The first-order chi connectivity index (χ1) is 9.74. The maximum atomic E-state index is 11.1. The van der Waals surface area contributed by atoms with Crippen molar-refractivity contribution in [2.75, 3.05) is 13.7 Å². The average molecular weight is 275 g/mol. The minimum absolute atomic E-state index is 0.0369. The van der Waals surface area contributed by atoms with Crippen LogP contribution >= 0.6 is 0 Å². The summed E-state index contributed by atoms with van der Waals surface area (Å²) < 4.78 is 6.82. The highest BCUT2D eigenvalue weighted by molar-refractivity contribution is 5.77. The number of carbonyl (C=O) groups excluding carboxylic acids is 1. The molecule has 0 radical (unpaired) electrons. The van der Waals surface area contributed by atoms with Gasteiger partial charge in [0, 0.05) is 12.7 Å². The van der Waals surface area contributed by atoms with Gasteiger partial charge >= 0.3 is 0 Å². The molecule has 0 fully saturated rings. The summed E-state index contributed by atoms with van der Waals surface area (Å²) in [5.41, 5.74) is 7.80. The summed E-state index contributed by atoms with van der Waals surface area (Å²) in [5, 5.41) is 10.7. The monoisotopic (exact) mass is 275 g/mol. The topological polar surface area (TPSA) is 95.1 Å². The highest BCUT2D eigenvalue weighted by Crippen LogP contribution is 2.14. The second kappa shape index (κ2) is 6.78. The van der Waals surface area contributed by atoms with Gasteiger partial charge in [0.25, 0.3) is 0 Å². The molecular weight excluding hydrogens is 258 g/mol. The summed E-state index contributed by atoms with van der Waals surface area (Å²) in [7, 11) is 1.64. The third kappa shape index (κ3) is 3.40. The lowest BCUT2D eigenvalue weighted by molar-refractivity contribution is -0.119. The van der Waals surface area contributed by atoms with E-state index in [2.05, 4.69) is 15.6 Å². The lowest BCUT2D eigenvalue weighted by Crippen LogP contribution is -2.29. The molecule has 1 aromatic carbocycles. The van der Waals surface area contributed by atoms with E-state index in [-0.39, 0.29) is 12.5 Å². The quantitative estimate of drug-likeness (QED) is 0.773. The van der Waals surface area contributed by atoms with E-state index in [0.29, 0.717) is 18.8 Å². The second-order valence-corrected chi connectivity index (χ2v) is 4.20. The van der Waals surface area contributed by atoms with Crippen LogP contribution in [0.2, 0.25) is 0 Å². The molecule has 106 valence electrons. The number of carbonyl (C=O) groups is 1. The number of nitrogens with two attached hydrogens (primary N) is 1. The SMILES string of the molecule is COCc1ccccc1-n1cc(CNC(=O)CN)nn1. The van der Waals surface area contributed by atoms with E-state index in [4.69, 9.17) is 10.5 Å². The molecule has 0 atom stereocenters. The number of nitrogens with zero attached hydrogens (tertiary/aromatic N) is 3. The van der Waals surface area contributed by atoms with Crippen molar-refractivity contribution in [2.24, 2.45) is 5.73 Å². The van der Waals surface area contributed by atoms with Gasteiger partial charge in [-0.2, -0.15) is 0 Å². The number of benzene rings is 1. The molecule has 20 heavy (non-hydrogen) atoms. The Hall–Kier alpha value is -2.25. The zero-order valence-corrected chi connectivity index (χ0v) is 11.2. The van der Waals surface area contributed by atoms with E-state index in [1.54, 1.807) is 18.0 Å². The molecule has 0 unspecified atom stereocenters.